The summed E-state index contributed by atoms with van der Waals surface area (Å²) in [7, 11) is 1.67. The molecule has 0 bridgehead atoms. The minimum Gasteiger partial charge on any atom is -0.358 e. The fourth-order valence-electron chi connectivity index (χ4n) is 2.66. The van der Waals surface area contributed by atoms with Gasteiger partial charge in [-0.05, 0) is 25.0 Å². The Hall–Kier alpha value is -2.34. The Bertz CT molecular complexity index is 831. The fourth-order valence-corrected chi connectivity index (χ4v) is 3.92. The molecule has 24 heavy (non-hydrogen) atoms. The molecule has 0 saturated carbocycles. The number of thioether (sulfide) groups is 1. The monoisotopic (exact) mass is 340 g/mol. The zero-order valence-electron chi connectivity index (χ0n) is 13.8. The molecule has 0 radical (unpaired) electrons. The van der Waals surface area contributed by atoms with E-state index in [0.717, 1.165) is 28.3 Å². The lowest BCUT2D eigenvalue weighted by molar-refractivity contribution is -0.120. The number of aromatic nitrogens is 3. The van der Waals surface area contributed by atoms with Crippen molar-refractivity contribution in [2.24, 2.45) is 0 Å². The number of amides is 1. The molecule has 1 atom stereocenters. The molecule has 2 aromatic heterocycles. The standard InChI is InChI=1S/C18H20N4OS/c1-3-22-15-9-10-20-12-14(15)21-18(22)24-16(17(23)19-2)11-13-7-5-4-6-8-13/h4-10,12,16H,3,11H2,1-2H3,(H,19,23)/t16-/m0/s1. The lowest BCUT2D eigenvalue weighted by atomic mass is 10.1. The molecule has 0 unspecified atom stereocenters. The number of nitrogens with zero attached hydrogens (tertiary/aromatic N) is 3. The Balaban J connectivity index is 1.91. The predicted octanol–water partition coefficient (Wildman–Crippen LogP) is 2.90. The van der Waals surface area contributed by atoms with Crippen molar-refractivity contribution in [2.45, 2.75) is 30.3 Å². The van der Waals surface area contributed by atoms with Crippen molar-refractivity contribution in [1.29, 1.82) is 0 Å². The summed E-state index contributed by atoms with van der Waals surface area (Å²) in [6, 6.07) is 12.0. The molecule has 0 aliphatic rings. The van der Waals surface area contributed by atoms with Gasteiger partial charge in [-0.3, -0.25) is 9.78 Å². The maximum absolute atomic E-state index is 12.4. The lowest BCUT2D eigenvalue weighted by Gasteiger charge is -2.15. The molecule has 0 spiro atoms. The van der Waals surface area contributed by atoms with Crippen molar-refractivity contribution in [3.8, 4) is 0 Å². The summed E-state index contributed by atoms with van der Waals surface area (Å²) < 4.78 is 2.13. The van der Waals surface area contributed by atoms with Crippen LogP contribution in [0.2, 0.25) is 0 Å². The number of aryl methyl sites for hydroxylation is 1. The van der Waals surface area contributed by atoms with Crippen molar-refractivity contribution < 1.29 is 4.79 Å². The van der Waals surface area contributed by atoms with Crippen molar-refractivity contribution in [1.82, 2.24) is 19.9 Å². The van der Waals surface area contributed by atoms with Crippen LogP contribution in [0.15, 0.2) is 53.9 Å². The minimum atomic E-state index is -0.229. The van der Waals surface area contributed by atoms with E-state index < -0.39 is 0 Å². The largest absolute Gasteiger partial charge is 0.358 e. The van der Waals surface area contributed by atoms with E-state index in [1.54, 1.807) is 19.4 Å². The topological polar surface area (TPSA) is 59.8 Å². The number of hydrogen-bond acceptors (Lipinski definition) is 4. The number of fused-ring (bicyclic) bond motifs is 1. The average Bonchev–Trinajstić information content (AvgIpc) is 2.98. The highest BCUT2D eigenvalue weighted by Gasteiger charge is 2.22. The third-order valence-electron chi connectivity index (χ3n) is 3.88. The van der Waals surface area contributed by atoms with Crippen LogP contribution in [0.3, 0.4) is 0 Å². The van der Waals surface area contributed by atoms with Gasteiger partial charge >= 0.3 is 0 Å². The number of imidazole rings is 1. The van der Waals surface area contributed by atoms with Gasteiger partial charge < -0.3 is 9.88 Å². The molecule has 0 saturated heterocycles. The molecule has 0 aliphatic carbocycles. The van der Waals surface area contributed by atoms with E-state index in [2.05, 4.69) is 26.8 Å². The number of rotatable bonds is 6. The summed E-state index contributed by atoms with van der Waals surface area (Å²) in [5.41, 5.74) is 3.04. The molecular weight excluding hydrogens is 320 g/mol. The fraction of sp³-hybridized carbons (Fsp3) is 0.278. The summed E-state index contributed by atoms with van der Waals surface area (Å²) in [6.45, 7) is 2.88. The number of hydrogen-bond donors (Lipinski definition) is 1. The van der Waals surface area contributed by atoms with Gasteiger partial charge in [-0.15, -0.1) is 0 Å². The summed E-state index contributed by atoms with van der Waals surface area (Å²) in [5.74, 6) is 0.0108. The highest BCUT2D eigenvalue weighted by atomic mass is 32.2. The highest BCUT2D eigenvalue weighted by molar-refractivity contribution is 8.00. The van der Waals surface area contributed by atoms with E-state index in [1.807, 2.05) is 36.4 Å². The van der Waals surface area contributed by atoms with E-state index in [1.165, 1.54) is 11.8 Å². The smallest absolute Gasteiger partial charge is 0.233 e. The first-order valence-corrected chi connectivity index (χ1v) is 8.83. The van der Waals surface area contributed by atoms with E-state index in [-0.39, 0.29) is 11.2 Å². The van der Waals surface area contributed by atoms with Crippen LogP contribution in [-0.2, 0) is 17.8 Å². The van der Waals surface area contributed by atoms with Gasteiger partial charge in [0.2, 0.25) is 5.91 Å². The lowest BCUT2D eigenvalue weighted by Crippen LogP contribution is -2.31. The van der Waals surface area contributed by atoms with Crippen molar-refractivity contribution in [2.75, 3.05) is 7.05 Å². The van der Waals surface area contributed by atoms with Gasteiger partial charge in [0, 0.05) is 19.8 Å². The first kappa shape index (κ1) is 16.5. The predicted molar refractivity (Wildman–Crippen MR) is 97.1 cm³/mol. The van der Waals surface area contributed by atoms with Gasteiger partial charge in [-0.1, -0.05) is 42.1 Å². The second-order valence-electron chi connectivity index (χ2n) is 5.41. The Morgan fingerprint density at radius 3 is 2.79 bits per heavy atom. The summed E-state index contributed by atoms with van der Waals surface area (Å²) in [4.78, 5) is 21.2. The Labute approximate surface area is 145 Å². The van der Waals surface area contributed by atoms with Crippen LogP contribution in [0.25, 0.3) is 11.0 Å². The zero-order chi connectivity index (χ0) is 16.9. The molecule has 1 aromatic carbocycles. The van der Waals surface area contributed by atoms with Crippen LogP contribution in [-0.4, -0.2) is 32.7 Å². The Kier molecular flexibility index (Phi) is 5.15. The number of nitrogens with one attached hydrogen (secondary N) is 1. The molecular formula is C18H20N4OS. The molecule has 5 nitrogen and oxygen atoms in total. The summed E-state index contributed by atoms with van der Waals surface area (Å²) in [5, 5.41) is 3.39. The minimum absolute atomic E-state index is 0.0108. The number of carbonyl (C=O) groups excluding carboxylic acids is 1. The second kappa shape index (κ2) is 7.49. The molecule has 3 rings (SSSR count). The molecule has 1 amide bonds. The SMILES string of the molecule is CCn1c(S[C@@H](Cc2ccccc2)C(=O)NC)nc2cnccc21. The van der Waals surface area contributed by atoms with E-state index in [9.17, 15) is 4.79 Å². The Morgan fingerprint density at radius 1 is 1.29 bits per heavy atom. The van der Waals surface area contributed by atoms with Crippen LogP contribution in [0, 0.1) is 0 Å². The van der Waals surface area contributed by atoms with Gasteiger partial charge in [-0.2, -0.15) is 0 Å². The molecule has 0 aliphatic heterocycles. The van der Waals surface area contributed by atoms with E-state index in [0.29, 0.717) is 6.42 Å². The van der Waals surface area contributed by atoms with E-state index >= 15 is 0 Å². The first-order chi connectivity index (χ1) is 11.7. The molecule has 6 heteroatoms. The average molecular weight is 340 g/mol. The van der Waals surface area contributed by atoms with Crippen molar-refractivity contribution in [3.63, 3.8) is 0 Å². The molecule has 124 valence electrons. The summed E-state index contributed by atoms with van der Waals surface area (Å²) in [6.07, 6.45) is 4.19. The van der Waals surface area contributed by atoms with Crippen molar-refractivity contribution >= 4 is 28.7 Å². The van der Waals surface area contributed by atoms with Crippen molar-refractivity contribution in [3.05, 3.63) is 54.4 Å². The second-order valence-corrected chi connectivity index (χ2v) is 6.58. The van der Waals surface area contributed by atoms with Crippen LogP contribution < -0.4 is 5.32 Å². The van der Waals surface area contributed by atoms with Crippen LogP contribution >= 0.6 is 11.8 Å². The normalized spacial score (nSPS) is 12.2. The van der Waals surface area contributed by atoms with Gasteiger partial charge in [0.1, 0.15) is 5.52 Å². The quantitative estimate of drug-likeness (QED) is 0.701. The number of benzene rings is 1. The Morgan fingerprint density at radius 2 is 2.08 bits per heavy atom. The van der Waals surface area contributed by atoms with Gasteiger partial charge in [0.15, 0.2) is 5.16 Å². The van der Waals surface area contributed by atoms with Gasteiger partial charge in [-0.25, -0.2) is 4.98 Å². The third-order valence-corrected chi connectivity index (χ3v) is 5.07. The van der Waals surface area contributed by atoms with Crippen LogP contribution in [0.5, 0.6) is 0 Å². The van der Waals surface area contributed by atoms with Gasteiger partial charge in [0.05, 0.1) is 17.0 Å². The number of carbonyl (C=O) groups is 1. The zero-order valence-corrected chi connectivity index (χ0v) is 14.6. The van der Waals surface area contributed by atoms with Crippen LogP contribution in [0.4, 0.5) is 0 Å². The molecule has 0 fully saturated rings. The highest BCUT2D eigenvalue weighted by Crippen LogP contribution is 2.29. The van der Waals surface area contributed by atoms with Crippen LogP contribution in [0.1, 0.15) is 12.5 Å². The van der Waals surface area contributed by atoms with Gasteiger partial charge in [0.25, 0.3) is 0 Å². The maximum atomic E-state index is 12.4. The summed E-state index contributed by atoms with van der Waals surface area (Å²) >= 11 is 1.51. The molecule has 2 heterocycles. The third kappa shape index (κ3) is 3.43. The molecule has 1 N–H and O–H groups in total. The number of pyridine rings is 1. The maximum Gasteiger partial charge on any atom is 0.233 e. The molecule has 3 aromatic rings. The first-order valence-electron chi connectivity index (χ1n) is 7.95. The van der Waals surface area contributed by atoms with E-state index in [4.69, 9.17) is 0 Å².